The van der Waals surface area contributed by atoms with Crippen molar-refractivity contribution in [2.24, 2.45) is 0 Å². The number of carbonyl (C=O) groups is 2. The highest BCUT2D eigenvalue weighted by Gasteiger charge is 2.14. The van der Waals surface area contributed by atoms with Gasteiger partial charge in [-0.15, -0.1) is 11.3 Å². The number of likely N-dealkylation sites (N-methyl/N-ethyl adjacent to an activating group) is 1. The molecular formula is C20H23N5O3S. The van der Waals surface area contributed by atoms with Gasteiger partial charge in [0.15, 0.2) is 10.9 Å². The van der Waals surface area contributed by atoms with Crippen LogP contribution in [0, 0.1) is 20.8 Å². The summed E-state index contributed by atoms with van der Waals surface area (Å²) in [6, 6.07) is 7.79. The Balaban J connectivity index is 1.50. The fourth-order valence-electron chi connectivity index (χ4n) is 2.68. The molecule has 3 aromatic rings. The second kappa shape index (κ2) is 8.97. The molecule has 0 atom stereocenters. The minimum absolute atomic E-state index is 0.0467. The predicted molar refractivity (Wildman–Crippen MR) is 113 cm³/mol. The molecule has 8 nitrogen and oxygen atoms in total. The summed E-state index contributed by atoms with van der Waals surface area (Å²) >= 11 is 1.37. The third kappa shape index (κ3) is 5.72. The number of rotatable bonds is 7. The van der Waals surface area contributed by atoms with Gasteiger partial charge in [0.25, 0.3) is 0 Å². The van der Waals surface area contributed by atoms with E-state index in [1.807, 2.05) is 11.4 Å². The van der Waals surface area contributed by atoms with Gasteiger partial charge in [0.05, 0.1) is 18.8 Å². The number of thiazole rings is 1. The quantitative estimate of drug-likeness (QED) is 0.617. The molecule has 29 heavy (non-hydrogen) atoms. The van der Waals surface area contributed by atoms with Crippen LogP contribution in [-0.2, 0) is 9.59 Å². The number of benzene rings is 1. The normalized spacial score (nSPS) is 10.9. The van der Waals surface area contributed by atoms with E-state index in [2.05, 4.69) is 46.8 Å². The van der Waals surface area contributed by atoms with Gasteiger partial charge in [-0.1, -0.05) is 17.3 Å². The molecule has 0 unspecified atom stereocenters. The fourth-order valence-corrected chi connectivity index (χ4v) is 3.41. The van der Waals surface area contributed by atoms with Crippen LogP contribution in [0.25, 0.3) is 11.3 Å². The number of amides is 2. The second-order valence-electron chi connectivity index (χ2n) is 6.93. The highest BCUT2D eigenvalue weighted by molar-refractivity contribution is 7.14. The van der Waals surface area contributed by atoms with Crippen LogP contribution in [-0.4, -0.2) is 47.0 Å². The zero-order chi connectivity index (χ0) is 21.0. The van der Waals surface area contributed by atoms with E-state index in [0.29, 0.717) is 16.7 Å². The molecule has 2 aromatic heterocycles. The van der Waals surface area contributed by atoms with Crippen molar-refractivity contribution in [2.45, 2.75) is 20.8 Å². The summed E-state index contributed by atoms with van der Waals surface area (Å²) in [7, 11) is 1.69. The lowest BCUT2D eigenvalue weighted by Crippen LogP contribution is -2.36. The maximum atomic E-state index is 12.3. The van der Waals surface area contributed by atoms with Crippen LogP contribution < -0.4 is 10.6 Å². The molecule has 9 heteroatoms. The molecule has 1 aromatic carbocycles. The van der Waals surface area contributed by atoms with Crippen molar-refractivity contribution in [3.8, 4) is 11.3 Å². The number of hydrogen-bond donors (Lipinski definition) is 2. The summed E-state index contributed by atoms with van der Waals surface area (Å²) in [5.41, 5.74) is 4.26. The first-order chi connectivity index (χ1) is 13.8. The Bertz CT molecular complexity index is 1030. The van der Waals surface area contributed by atoms with Gasteiger partial charge >= 0.3 is 0 Å². The molecule has 0 spiro atoms. The van der Waals surface area contributed by atoms with Gasteiger partial charge in [0.1, 0.15) is 5.76 Å². The number of nitrogens with one attached hydrogen (secondary N) is 2. The maximum absolute atomic E-state index is 12.3. The van der Waals surface area contributed by atoms with E-state index in [0.717, 1.165) is 11.3 Å². The topological polar surface area (TPSA) is 100 Å². The van der Waals surface area contributed by atoms with E-state index in [-0.39, 0.29) is 24.9 Å². The zero-order valence-electron chi connectivity index (χ0n) is 16.8. The molecule has 0 radical (unpaired) electrons. The highest BCUT2D eigenvalue weighted by Crippen LogP contribution is 2.26. The van der Waals surface area contributed by atoms with Crippen LogP contribution in [0.2, 0.25) is 0 Å². The SMILES string of the molecule is Cc1cc(NC(=O)CN(C)CC(=O)Nc2nc(-c3ccc(C)c(C)c3)cs2)no1. The number of aromatic nitrogens is 2. The summed E-state index contributed by atoms with van der Waals surface area (Å²) < 4.78 is 4.90. The summed E-state index contributed by atoms with van der Waals surface area (Å²) in [4.78, 5) is 30.4. The van der Waals surface area contributed by atoms with Crippen molar-refractivity contribution in [3.63, 3.8) is 0 Å². The Morgan fingerprint density at radius 3 is 2.45 bits per heavy atom. The van der Waals surface area contributed by atoms with Gasteiger partial charge in [0.2, 0.25) is 11.8 Å². The van der Waals surface area contributed by atoms with Crippen LogP contribution in [0.3, 0.4) is 0 Å². The Morgan fingerprint density at radius 1 is 1.07 bits per heavy atom. The van der Waals surface area contributed by atoms with Crippen molar-refractivity contribution >= 4 is 34.1 Å². The summed E-state index contributed by atoms with van der Waals surface area (Å²) in [6.07, 6.45) is 0. The zero-order valence-corrected chi connectivity index (χ0v) is 17.6. The number of aryl methyl sites for hydroxylation is 3. The van der Waals surface area contributed by atoms with Crippen molar-refractivity contribution < 1.29 is 14.1 Å². The predicted octanol–water partition coefficient (Wildman–Crippen LogP) is 3.23. The molecule has 0 aliphatic heterocycles. The van der Waals surface area contributed by atoms with Crippen molar-refractivity contribution in [1.82, 2.24) is 15.0 Å². The molecule has 0 bridgehead atoms. The van der Waals surface area contributed by atoms with Gasteiger partial charge in [-0.25, -0.2) is 4.98 Å². The smallest absolute Gasteiger partial charge is 0.240 e. The lowest BCUT2D eigenvalue weighted by Gasteiger charge is -2.14. The molecular weight excluding hydrogens is 390 g/mol. The molecule has 3 rings (SSSR count). The fraction of sp³-hybridized carbons (Fsp3) is 0.300. The minimum Gasteiger partial charge on any atom is -0.360 e. The molecule has 0 aliphatic carbocycles. The molecule has 0 fully saturated rings. The van der Waals surface area contributed by atoms with Gasteiger partial charge in [0, 0.05) is 17.0 Å². The monoisotopic (exact) mass is 413 g/mol. The van der Waals surface area contributed by atoms with Gasteiger partial charge in [-0.3, -0.25) is 14.5 Å². The molecule has 2 amide bonds. The Kier molecular flexibility index (Phi) is 6.40. The number of nitrogens with zero attached hydrogens (tertiary/aromatic N) is 3. The average molecular weight is 414 g/mol. The first-order valence-electron chi connectivity index (χ1n) is 9.05. The summed E-state index contributed by atoms with van der Waals surface area (Å²) in [5.74, 6) is 0.446. The first-order valence-corrected chi connectivity index (χ1v) is 9.93. The van der Waals surface area contributed by atoms with E-state index in [1.54, 1.807) is 24.9 Å². The number of hydrogen-bond acceptors (Lipinski definition) is 7. The van der Waals surface area contributed by atoms with E-state index >= 15 is 0 Å². The number of carbonyl (C=O) groups excluding carboxylic acids is 2. The van der Waals surface area contributed by atoms with E-state index in [9.17, 15) is 9.59 Å². The van der Waals surface area contributed by atoms with Crippen LogP contribution in [0.4, 0.5) is 10.9 Å². The molecule has 0 aliphatic rings. The molecule has 0 saturated carbocycles. The average Bonchev–Trinajstić information content (AvgIpc) is 3.26. The minimum atomic E-state index is -0.278. The van der Waals surface area contributed by atoms with Gasteiger partial charge in [-0.05, 0) is 45.0 Å². The molecule has 152 valence electrons. The van der Waals surface area contributed by atoms with Gasteiger partial charge in [-0.2, -0.15) is 0 Å². The Morgan fingerprint density at radius 2 is 1.79 bits per heavy atom. The van der Waals surface area contributed by atoms with Crippen molar-refractivity contribution in [1.29, 1.82) is 0 Å². The molecule has 2 N–H and O–H groups in total. The first kappa shape index (κ1) is 20.7. The van der Waals surface area contributed by atoms with E-state index < -0.39 is 0 Å². The molecule has 0 saturated heterocycles. The van der Waals surface area contributed by atoms with Crippen LogP contribution in [0.1, 0.15) is 16.9 Å². The molecule has 2 heterocycles. The third-order valence-electron chi connectivity index (χ3n) is 4.28. The van der Waals surface area contributed by atoms with Crippen LogP contribution in [0.15, 0.2) is 34.2 Å². The second-order valence-corrected chi connectivity index (χ2v) is 7.79. The Hall–Kier alpha value is -3.04. The summed E-state index contributed by atoms with van der Waals surface area (Å²) in [5, 5.41) is 11.5. The highest BCUT2D eigenvalue weighted by atomic mass is 32.1. The van der Waals surface area contributed by atoms with Crippen LogP contribution in [0.5, 0.6) is 0 Å². The van der Waals surface area contributed by atoms with Gasteiger partial charge < -0.3 is 15.2 Å². The van der Waals surface area contributed by atoms with E-state index in [4.69, 9.17) is 4.52 Å². The number of anilines is 2. The standard InChI is InChI=1S/C20H23N5O3S/c1-12-5-6-15(7-13(12)2)16-11-29-20(21-16)23-19(27)10-25(4)9-18(26)22-17-8-14(3)28-24-17/h5-8,11H,9-10H2,1-4H3,(H,21,23,27)(H,22,24,26). The summed E-state index contributed by atoms with van der Waals surface area (Å²) in [6.45, 7) is 5.97. The maximum Gasteiger partial charge on any atom is 0.240 e. The largest absolute Gasteiger partial charge is 0.360 e. The third-order valence-corrected chi connectivity index (χ3v) is 5.03. The van der Waals surface area contributed by atoms with Crippen molar-refractivity contribution in [2.75, 3.05) is 30.8 Å². The van der Waals surface area contributed by atoms with Crippen LogP contribution >= 0.6 is 11.3 Å². The van der Waals surface area contributed by atoms with Crippen molar-refractivity contribution in [3.05, 3.63) is 46.5 Å². The lowest BCUT2D eigenvalue weighted by molar-refractivity contribution is -0.119. The Labute approximate surface area is 172 Å². The lowest BCUT2D eigenvalue weighted by atomic mass is 10.1. The van der Waals surface area contributed by atoms with E-state index in [1.165, 1.54) is 22.5 Å².